The molecule has 1 aliphatic heterocycles. The van der Waals surface area contributed by atoms with E-state index >= 15 is 0 Å². The molecular weight excluding hydrogens is 376 g/mol. The molecule has 0 aromatic heterocycles. The molecule has 2 aromatic carbocycles. The number of aryl methyl sites for hydroxylation is 1. The highest BCUT2D eigenvalue weighted by Crippen LogP contribution is 2.30. The lowest BCUT2D eigenvalue weighted by Gasteiger charge is -2.35. The normalized spacial score (nSPS) is 16.9. The molecule has 0 atom stereocenters. The molecule has 4 rings (SSSR count). The van der Waals surface area contributed by atoms with E-state index in [4.69, 9.17) is 0 Å². The van der Waals surface area contributed by atoms with E-state index < -0.39 is 0 Å². The Balaban J connectivity index is 1.36. The second-order valence-electron chi connectivity index (χ2n) is 8.22. The minimum absolute atomic E-state index is 0.0685. The second kappa shape index (κ2) is 8.88. The van der Waals surface area contributed by atoms with Crippen LogP contribution in [0.25, 0.3) is 0 Å². The van der Waals surface area contributed by atoms with Crippen LogP contribution < -0.4 is 15.5 Å². The summed E-state index contributed by atoms with van der Waals surface area (Å²) in [6.45, 7) is 9.57. The number of benzene rings is 2. The Morgan fingerprint density at radius 1 is 0.967 bits per heavy atom. The van der Waals surface area contributed by atoms with E-state index in [1.54, 1.807) is 24.3 Å². The van der Waals surface area contributed by atoms with E-state index in [-0.39, 0.29) is 17.7 Å². The summed E-state index contributed by atoms with van der Waals surface area (Å²) in [5.41, 5.74) is 4.37. The molecule has 2 N–H and O–H groups in total. The molecule has 6 nitrogen and oxygen atoms in total. The van der Waals surface area contributed by atoms with Gasteiger partial charge in [0.1, 0.15) is 0 Å². The molecule has 0 radical (unpaired) electrons. The molecule has 158 valence electrons. The van der Waals surface area contributed by atoms with E-state index in [1.165, 1.54) is 5.69 Å². The summed E-state index contributed by atoms with van der Waals surface area (Å²) in [4.78, 5) is 29.4. The van der Waals surface area contributed by atoms with Gasteiger partial charge in [0.2, 0.25) is 5.91 Å². The number of anilines is 3. The predicted octanol–water partition coefficient (Wildman–Crippen LogP) is 3.74. The first-order chi connectivity index (χ1) is 14.5. The number of hydrogen-bond donors (Lipinski definition) is 2. The van der Waals surface area contributed by atoms with Gasteiger partial charge < -0.3 is 20.4 Å². The smallest absolute Gasteiger partial charge is 0.255 e. The highest BCUT2D eigenvalue weighted by Gasteiger charge is 2.29. The molecule has 0 spiro atoms. The molecule has 2 fully saturated rings. The summed E-state index contributed by atoms with van der Waals surface area (Å²) < 4.78 is 0. The molecule has 2 aliphatic rings. The van der Waals surface area contributed by atoms with Crippen molar-refractivity contribution in [1.29, 1.82) is 0 Å². The molecule has 6 heteroatoms. The molecule has 0 unspecified atom stereocenters. The first-order valence-corrected chi connectivity index (χ1v) is 10.8. The number of carbonyl (C=O) groups excluding carboxylic acids is 2. The van der Waals surface area contributed by atoms with Gasteiger partial charge >= 0.3 is 0 Å². The molecule has 1 aliphatic carbocycles. The maximum absolute atomic E-state index is 12.7. The van der Waals surface area contributed by atoms with Crippen molar-refractivity contribution in [2.45, 2.75) is 26.7 Å². The van der Waals surface area contributed by atoms with E-state index in [9.17, 15) is 9.59 Å². The highest BCUT2D eigenvalue weighted by atomic mass is 16.2. The SMILES string of the molecule is CCN1CCN(c2ccc(NC(=O)c3ccc(NC(=O)C4CC4)cc3)c(C)c2)CC1. The lowest BCUT2D eigenvalue weighted by molar-refractivity contribution is -0.117. The third kappa shape index (κ3) is 4.82. The van der Waals surface area contributed by atoms with Gasteiger partial charge in [-0.3, -0.25) is 9.59 Å². The minimum Gasteiger partial charge on any atom is -0.369 e. The summed E-state index contributed by atoms with van der Waals surface area (Å²) in [6, 6.07) is 13.3. The molecule has 2 aromatic rings. The van der Waals surface area contributed by atoms with Crippen LogP contribution in [0.3, 0.4) is 0 Å². The van der Waals surface area contributed by atoms with Crippen LogP contribution in [0, 0.1) is 12.8 Å². The largest absolute Gasteiger partial charge is 0.369 e. The van der Waals surface area contributed by atoms with Gasteiger partial charge in [-0.2, -0.15) is 0 Å². The third-order valence-corrected chi connectivity index (χ3v) is 6.01. The molecule has 1 saturated carbocycles. The maximum Gasteiger partial charge on any atom is 0.255 e. The lowest BCUT2D eigenvalue weighted by Crippen LogP contribution is -2.46. The Kier molecular flexibility index (Phi) is 6.04. The van der Waals surface area contributed by atoms with Gasteiger partial charge in [0.05, 0.1) is 0 Å². The van der Waals surface area contributed by atoms with E-state index in [1.807, 2.05) is 13.0 Å². The number of hydrogen-bond acceptors (Lipinski definition) is 4. The van der Waals surface area contributed by atoms with E-state index in [2.05, 4.69) is 39.5 Å². The van der Waals surface area contributed by atoms with Gasteiger partial charge in [-0.05, 0) is 74.3 Å². The van der Waals surface area contributed by atoms with Gasteiger partial charge in [0.15, 0.2) is 0 Å². The van der Waals surface area contributed by atoms with Crippen molar-refractivity contribution < 1.29 is 9.59 Å². The summed E-state index contributed by atoms with van der Waals surface area (Å²) in [6.07, 6.45) is 1.94. The average Bonchev–Trinajstić information content (AvgIpc) is 3.61. The third-order valence-electron chi connectivity index (χ3n) is 6.01. The van der Waals surface area contributed by atoms with E-state index in [0.29, 0.717) is 5.56 Å². The van der Waals surface area contributed by atoms with Crippen molar-refractivity contribution in [3.63, 3.8) is 0 Å². The van der Waals surface area contributed by atoms with Crippen LogP contribution in [-0.2, 0) is 4.79 Å². The van der Waals surface area contributed by atoms with Crippen molar-refractivity contribution in [2.24, 2.45) is 5.92 Å². The van der Waals surface area contributed by atoms with Crippen LogP contribution in [0.5, 0.6) is 0 Å². The maximum atomic E-state index is 12.7. The van der Waals surface area contributed by atoms with Crippen molar-refractivity contribution in [2.75, 3.05) is 48.3 Å². The molecule has 0 bridgehead atoms. The van der Waals surface area contributed by atoms with Gasteiger partial charge in [-0.1, -0.05) is 6.92 Å². The fourth-order valence-corrected chi connectivity index (χ4v) is 3.80. The topological polar surface area (TPSA) is 64.7 Å². The molecule has 2 amide bonds. The number of rotatable bonds is 6. The number of carbonyl (C=O) groups is 2. The highest BCUT2D eigenvalue weighted by molar-refractivity contribution is 6.05. The first-order valence-electron chi connectivity index (χ1n) is 10.8. The van der Waals surface area contributed by atoms with Gasteiger partial charge in [-0.25, -0.2) is 0 Å². The Labute approximate surface area is 178 Å². The Bertz CT molecular complexity index is 913. The predicted molar refractivity (Wildman–Crippen MR) is 121 cm³/mol. The van der Waals surface area contributed by atoms with Crippen LogP contribution >= 0.6 is 0 Å². The number of nitrogens with zero attached hydrogens (tertiary/aromatic N) is 2. The number of piperazine rings is 1. The first kappa shape index (κ1) is 20.4. The Morgan fingerprint density at radius 2 is 1.67 bits per heavy atom. The quantitative estimate of drug-likeness (QED) is 0.767. The van der Waals surface area contributed by atoms with Crippen LogP contribution in [0.4, 0.5) is 17.1 Å². The van der Waals surface area contributed by atoms with Crippen LogP contribution in [0.1, 0.15) is 35.7 Å². The van der Waals surface area contributed by atoms with Crippen molar-refractivity contribution in [3.05, 3.63) is 53.6 Å². The summed E-state index contributed by atoms with van der Waals surface area (Å²) in [5, 5.41) is 5.90. The summed E-state index contributed by atoms with van der Waals surface area (Å²) in [5.74, 6) is 0.0796. The monoisotopic (exact) mass is 406 g/mol. The van der Waals surface area contributed by atoms with Crippen molar-refractivity contribution in [3.8, 4) is 0 Å². The lowest BCUT2D eigenvalue weighted by atomic mass is 10.1. The average molecular weight is 407 g/mol. The van der Waals surface area contributed by atoms with Crippen LogP contribution in [0.2, 0.25) is 0 Å². The summed E-state index contributed by atoms with van der Waals surface area (Å²) >= 11 is 0. The number of likely N-dealkylation sites (N-methyl/N-ethyl adjacent to an activating group) is 1. The van der Waals surface area contributed by atoms with E-state index in [0.717, 1.165) is 62.5 Å². The molecule has 1 heterocycles. The fraction of sp³-hybridized carbons (Fsp3) is 0.417. The van der Waals surface area contributed by atoms with Crippen LogP contribution in [0.15, 0.2) is 42.5 Å². The van der Waals surface area contributed by atoms with Crippen LogP contribution in [-0.4, -0.2) is 49.4 Å². The molecule has 30 heavy (non-hydrogen) atoms. The minimum atomic E-state index is -0.150. The standard InChI is InChI=1S/C24H30N4O2/c1-3-27-12-14-28(15-13-27)21-10-11-22(17(2)16-21)26-24(30)19-6-8-20(9-7-19)25-23(29)18-4-5-18/h6-11,16,18H,3-5,12-15H2,1-2H3,(H,25,29)(H,26,30). The van der Waals surface area contributed by atoms with Crippen molar-refractivity contribution in [1.82, 2.24) is 4.90 Å². The van der Waals surface area contributed by atoms with Gasteiger partial charge in [-0.15, -0.1) is 0 Å². The fourth-order valence-electron chi connectivity index (χ4n) is 3.80. The van der Waals surface area contributed by atoms with Gasteiger partial charge in [0, 0.05) is 54.7 Å². The van der Waals surface area contributed by atoms with Crippen molar-refractivity contribution >= 4 is 28.9 Å². The zero-order chi connectivity index (χ0) is 21.1. The Morgan fingerprint density at radius 3 is 2.27 bits per heavy atom. The second-order valence-corrected chi connectivity index (χ2v) is 8.22. The zero-order valence-corrected chi connectivity index (χ0v) is 17.8. The molecular formula is C24H30N4O2. The number of amides is 2. The summed E-state index contributed by atoms with van der Waals surface area (Å²) in [7, 11) is 0. The number of nitrogens with one attached hydrogen (secondary N) is 2. The Hall–Kier alpha value is -2.86. The molecule has 1 saturated heterocycles. The van der Waals surface area contributed by atoms with Gasteiger partial charge in [0.25, 0.3) is 5.91 Å². The zero-order valence-electron chi connectivity index (χ0n) is 17.8.